The summed E-state index contributed by atoms with van der Waals surface area (Å²) in [7, 11) is 1.69. The van der Waals surface area contributed by atoms with Crippen molar-refractivity contribution in [1.29, 1.82) is 0 Å². The second-order valence-electron chi connectivity index (χ2n) is 7.58. The Bertz CT molecular complexity index is 1020. The summed E-state index contributed by atoms with van der Waals surface area (Å²) in [6, 6.07) is 6.10. The fourth-order valence-corrected chi connectivity index (χ4v) is 4.61. The van der Waals surface area contributed by atoms with Crippen molar-refractivity contribution >= 4 is 16.8 Å². The molecule has 6 nitrogen and oxygen atoms in total. The molecule has 0 spiro atoms. The second kappa shape index (κ2) is 6.44. The molecule has 0 unspecified atom stereocenters. The molecule has 1 atom stereocenters. The average Bonchev–Trinajstić information content (AvgIpc) is 3.29. The maximum Gasteiger partial charge on any atom is 0.272 e. The van der Waals surface area contributed by atoms with Crippen LogP contribution in [0.25, 0.3) is 10.9 Å². The summed E-state index contributed by atoms with van der Waals surface area (Å²) in [5.74, 6) is 0.794. The molecule has 2 heterocycles. The maximum absolute atomic E-state index is 12.9. The number of aromatic amines is 2. The molecule has 27 heavy (non-hydrogen) atoms. The van der Waals surface area contributed by atoms with Gasteiger partial charge in [0.25, 0.3) is 5.91 Å². The van der Waals surface area contributed by atoms with E-state index < -0.39 is 0 Å². The van der Waals surface area contributed by atoms with Crippen molar-refractivity contribution in [3.63, 3.8) is 0 Å². The summed E-state index contributed by atoms with van der Waals surface area (Å²) in [6.07, 6.45) is 7.25. The van der Waals surface area contributed by atoms with Crippen LogP contribution in [-0.2, 0) is 19.3 Å². The van der Waals surface area contributed by atoms with E-state index in [2.05, 4.69) is 32.6 Å². The fourth-order valence-electron chi connectivity index (χ4n) is 4.61. The molecule has 3 N–H and O–H groups in total. The Morgan fingerprint density at radius 1 is 1.19 bits per heavy atom. The predicted octanol–water partition coefficient (Wildman–Crippen LogP) is 3.59. The number of carbonyl (C=O) groups is 1. The van der Waals surface area contributed by atoms with Gasteiger partial charge in [0.1, 0.15) is 5.75 Å². The topological polar surface area (TPSA) is 82.8 Å². The molecule has 0 saturated heterocycles. The summed E-state index contributed by atoms with van der Waals surface area (Å²) < 4.78 is 5.38. The Morgan fingerprint density at radius 2 is 2.04 bits per heavy atom. The number of aryl methyl sites for hydroxylation is 2. The van der Waals surface area contributed by atoms with Gasteiger partial charge in [-0.15, -0.1) is 0 Å². The second-order valence-corrected chi connectivity index (χ2v) is 7.58. The highest BCUT2D eigenvalue weighted by atomic mass is 16.5. The van der Waals surface area contributed by atoms with Gasteiger partial charge in [0.15, 0.2) is 5.69 Å². The van der Waals surface area contributed by atoms with E-state index in [4.69, 9.17) is 4.74 Å². The molecule has 140 valence electrons. The van der Waals surface area contributed by atoms with E-state index in [-0.39, 0.29) is 11.9 Å². The summed E-state index contributed by atoms with van der Waals surface area (Å²) in [4.78, 5) is 16.5. The van der Waals surface area contributed by atoms with Gasteiger partial charge in [-0.1, -0.05) is 0 Å². The number of methoxy groups -OCH3 is 1. The molecular formula is C21H24N4O2. The molecular weight excluding hydrogens is 340 g/mol. The number of nitrogens with one attached hydrogen (secondary N) is 3. The number of amides is 1. The first-order valence-corrected chi connectivity index (χ1v) is 9.80. The number of fused-ring (bicyclic) bond motifs is 4. The summed E-state index contributed by atoms with van der Waals surface area (Å²) >= 11 is 0. The zero-order valence-corrected chi connectivity index (χ0v) is 15.5. The highest BCUT2D eigenvalue weighted by molar-refractivity contribution is 5.94. The van der Waals surface area contributed by atoms with Crippen molar-refractivity contribution in [2.45, 2.75) is 51.0 Å². The van der Waals surface area contributed by atoms with Gasteiger partial charge in [-0.3, -0.25) is 9.89 Å². The van der Waals surface area contributed by atoms with Crippen LogP contribution >= 0.6 is 0 Å². The number of benzene rings is 1. The van der Waals surface area contributed by atoms with E-state index in [1.54, 1.807) is 7.11 Å². The Balaban J connectivity index is 1.46. The first-order valence-electron chi connectivity index (χ1n) is 9.80. The van der Waals surface area contributed by atoms with Gasteiger partial charge in [0, 0.05) is 27.9 Å². The van der Waals surface area contributed by atoms with E-state index in [1.807, 2.05) is 6.07 Å². The van der Waals surface area contributed by atoms with Gasteiger partial charge < -0.3 is 15.0 Å². The van der Waals surface area contributed by atoms with Crippen molar-refractivity contribution in [2.75, 3.05) is 7.11 Å². The largest absolute Gasteiger partial charge is 0.497 e. The van der Waals surface area contributed by atoms with Gasteiger partial charge in [0.2, 0.25) is 0 Å². The normalized spacial score (nSPS) is 18.8. The predicted molar refractivity (Wildman–Crippen MR) is 103 cm³/mol. The van der Waals surface area contributed by atoms with E-state index in [9.17, 15) is 4.79 Å². The minimum Gasteiger partial charge on any atom is -0.497 e. The van der Waals surface area contributed by atoms with E-state index in [1.165, 1.54) is 17.4 Å². The molecule has 0 radical (unpaired) electrons. The van der Waals surface area contributed by atoms with Crippen LogP contribution in [0.2, 0.25) is 0 Å². The third-order valence-electron chi connectivity index (χ3n) is 5.99. The smallest absolute Gasteiger partial charge is 0.272 e. The number of hydrogen-bond acceptors (Lipinski definition) is 3. The first kappa shape index (κ1) is 16.4. The van der Waals surface area contributed by atoms with Gasteiger partial charge in [-0.2, -0.15) is 5.10 Å². The lowest BCUT2D eigenvalue weighted by Gasteiger charge is -2.24. The Hall–Kier alpha value is -2.76. The van der Waals surface area contributed by atoms with E-state index in [0.29, 0.717) is 5.69 Å². The molecule has 2 aliphatic carbocycles. The van der Waals surface area contributed by atoms with Crippen LogP contribution in [0.1, 0.15) is 64.7 Å². The van der Waals surface area contributed by atoms with Crippen molar-refractivity contribution in [2.24, 2.45) is 0 Å². The molecule has 0 aliphatic heterocycles. The number of carbonyl (C=O) groups excluding carboxylic acids is 1. The van der Waals surface area contributed by atoms with Crippen molar-refractivity contribution in [3.8, 4) is 5.75 Å². The summed E-state index contributed by atoms with van der Waals surface area (Å²) in [5, 5.41) is 11.8. The van der Waals surface area contributed by atoms with Crippen LogP contribution in [-0.4, -0.2) is 28.2 Å². The Labute approximate surface area is 157 Å². The number of ether oxygens (including phenoxy) is 1. The minimum absolute atomic E-state index is 0.00409. The molecule has 3 aromatic rings. The van der Waals surface area contributed by atoms with Crippen LogP contribution in [0.4, 0.5) is 0 Å². The summed E-state index contributed by atoms with van der Waals surface area (Å²) in [6.45, 7) is 0. The van der Waals surface area contributed by atoms with Crippen LogP contribution in [0, 0.1) is 0 Å². The molecule has 6 heteroatoms. The maximum atomic E-state index is 12.9. The van der Waals surface area contributed by atoms with Crippen LogP contribution in [0.15, 0.2) is 18.2 Å². The van der Waals surface area contributed by atoms with Crippen molar-refractivity contribution in [3.05, 3.63) is 46.4 Å². The average molecular weight is 364 g/mol. The number of aromatic nitrogens is 3. The van der Waals surface area contributed by atoms with Crippen LogP contribution in [0.5, 0.6) is 5.75 Å². The van der Waals surface area contributed by atoms with E-state index in [0.717, 1.165) is 66.7 Å². The Kier molecular flexibility index (Phi) is 3.92. The van der Waals surface area contributed by atoms with Crippen LogP contribution in [0.3, 0.4) is 0 Å². The number of nitrogens with zero attached hydrogens (tertiary/aromatic N) is 1. The number of H-pyrrole nitrogens is 2. The van der Waals surface area contributed by atoms with E-state index >= 15 is 0 Å². The SMILES string of the molecule is COc1ccc2[nH]c3c(c2c1)CCC[C@H]3NC(=O)c1n[nH]c2c1CCCC2. The van der Waals surface area contributed by atoms with Gasteiger partial charge in [-0.25, -0.2) is 0 Å². The molecule has 1 aromatic carbocycles. The summed E-state index contributed by atoms with van der Waals surface area (Å²) in [5.41, 5.74) is 6.34. The third-order valence-corrected chi connectivity index (χ3v) is 5.99. The molecule has 1 amide bonds. The van der Waals surface area contributed by atoms with Crippen LogP contribution < -0.4 is 10.1 Å². The Morgan fingerprint density at radius 3 is 2.93 bits per heavy atom. The fraction of sp³-hybridized carbons (Fsp3) is 0.429. The quantitative estimate of drug-likeness (QED) is 0.664. The lowest BCUT2D eigenvalue weighted by atomic mass is 9.91. The lowest BCUT2D eigenvalue weighted by Crippen LogP contribution is -2.32. The molecule has 0 saturated carbocycles. The standard InChI is InChI=1S/C21H24N4O2/c1-27-12-9-10-16-15(11-12)13-6-4-8-18(19(13)22-16)23-21(26)20-14-5-2-3-7-17(14)24-25-20/h9-11,18,22H,2-8H2,1H3,(H,23,26)(H,24,25)/t18-/m1/s1. The molecule has 0 bridgehead atoms. The van der Waals surface area contributed by atoms with Gasteiger partial charge in [-0.05, 0) is 68.7 Å². The first-order chi connectivity index (χ1) is 13.2. The number of rotatable bonds is 3. The van der Waals surface area contributed by atoms with Crippen molar-refractivity contribution in [1.82, 2.24) is 20.5 Å². The monoisotopic (exact) mass is 364 g/mol. The van der Waals surface area contributed by atoms with Gasteiger partial charge >= 0.3 is 0 Å². The molecule has 0 fully saturated rings. The lowest BCUT2D eigenvalue weighted by molar-refractivity contribution is 0.0925. The van der Waals surface area contributed by atoms with Crippen molar-refractivity contribution < 1.29 is 9.53 Å². The zero-order chi connectivity index (χ0) is 18.4. The molecule has 2 aromatic heterocycles. The van der Waals surface area contributed by atoms with Gasteiger partial charge in [0.05, 0.1) is 13.2 Å². The zero-order valence-electron chi connectivity index (χ0n) is 15.5. The molecule has 5 rings (SSSR count). The number of hydrogen-bond donors (Lipinski definition) is 3. The third kappa shape index (κ3) is 2.71. The highest BCUT2D eigenvalue weighted by Crippen LogP contribution is 2.36. The highest BCUT2D eigenvalue weighted by Gasteiger charge is 2.28. The molecule has 2 aliphatic rings. The minimum atomic E-state index is -0.0662.